The summed E-state index contributed by atoms with van der Waals surface area (Å²) in [7, 11) is 0. The third kappa shape index (κ3) is 5.90. The maximum absolute atomic E-state index is 11.3. The Morgan fingerprint density at radius 3 is 2.28 bits per heavy atom. The highest BCUT2D eigenvalue weighted by molar-refractivity contribution is 9.13. The number of nitrogens with zero attached hydrogens (tertiary/aromatic N) is 1. The van der Waals surface area contributed by atoms with E-state index in [9.17, 15) is 9.59 Å². The zero-order valence-electron chi connectivity index (χ0n) is 13.7. The molecule has 0 radical (unpaired) electrons. The third-order valence-corrected chi connectivity index (χ3v) is 5.93. The molecular weight excluding hydrogens is 454 g/mol. The summed E-state index contributed by atoms with van der Waals surface area (Å²) in [6, 6.07) is 3.80. The lowest BCUT2D eigenvalue weighted by atomic mass is 9.98. The van der Waals surface area contributed by atoms with Crippen LogP contribution in [0.3, 0.4) is 0 Å². The van der Waals surface area contributed by atoms with E-state index in [1.807, 2.05) is 0 Å². The van der Waals surface area contributed by atoms with Crippen LogP contribution in [0.1, 0.15) is 55.4 Å². The number of benzene rings is 1. The van der Waals surface area contributed by atoms with Gasteiger partial charge in [0.2, 0.25) is 5.69 Å². The molecular formula is C17H21Br2N3O3. The molecule has 1 aliphatic carbocycles. The molecule has 0 amide bonds. The molecule has 1 aliphatic rings. The summed E-state index contributed by atoms with van der Waals surface area (Å²) in [5, 5.41) is 8.75. The maximum Gasteiger partial charge on any atom is 0.360 e. The van der Waals surface area contributed by atoms with Gasteiger partial charge in [0, 0.05) is 15.0 Å². The summed E-state index contributed by atoms with van der Waals surface area (Å²) in [4.78, 5) is 28.3. The molecule has 1 heterocycles. The largest absolute Gasteiger partial charge is 0.476 e. The highest BCUT2D eigenvalue weighted by atomic mass is 79.9. The van der Waals surface area contributed by atoms with Gasteiger partial charge in [-0.05, 0) is 56.8 Å². The molecule has 1 aromatic heterocycles. The fourth-order valence-corrected chi connectivity index (χ4v) is 3.39. The number of hydrogen-bond acceptors (Lipinski definition) is 4. The molecule has 25 heavy (non-hydrogen) atoms. The fraction of sp³-hybridized carbons (Fsp3) is 0.471. The Kier molecular flexibility index (Phi) is 7.58. The summed E-state index contributed by atoms with van der Waals surface area (Å²) < 4.78 is 1.48. The average Bonchev–Trinajstić information content (AvgIpc) is 2.52. The van der Waals surface area contributed by atoms with Crippen molar-refractivity contribution in [1.29, 1.82) is 0 Å². The molecule has 0 aliphatic heterocycles. The minimum Gasteiger partial charge on any atom is -0.476 e. The first kappa shape index (κ1) is 20.1. The molecule has 3 rings (SSSR count). The second kappa shape index (κ2) is 9.45. The normalized spacial score (nSPS) is 15.8. The predicted molar refractivity (Wildman–Crippen MR) is 105 cm³/mol. The van der Waals surface area contributed by atoms with Crippen LogP contribution in [0.2, 0.25) is 0 Å². The first-order valence-corrected chi connectivity index (χ1v) is 9.85. The van der Waals surface area contributed by atoms with Gasteiger partial charge in [0.25, 0.3) is 5.56 Å². The molecule has 0 spiro atoms. The van der Waals surface area contributed by atoms with E-state index in [0.717, 1.165) is 8.95 Å². The van der Waals surface area contributed by atoms with E-state index in [-0.39, 0.29) is 0 Å². The number of carboxylic acid groups (broad SMARTS) is 1. The van der Waals surface area contributed by atoms with Crippen molar-refractivity contribution in [3.63, 3.8) is 0 Å². The van der Waals surface area contributed by atoms with Gasteiger partial charge in [0.05, 0.1) is 11.0 Å². The van der Waals surface area contributed by atoms with Crippen LogP contribution >= 0.6 is 31.9 Å². The van der Waals surface area contributed by atoms with Crippen molar-refractivity contribution >= 4 is 48.9 Å². The molecule has 8 heteroatoms. The first-order chi connectivity index (χ1) is 11.9. The number of halogens is 2. The van der Waals surface area contributed by atoms with Gasteiger partial charge in [-0.2, -0.15) is 0 Å². The Hall–Kier alpha value is -1.25. The van der Waals surface area contributed by atoms with E-state index in [4.69, 9.17) is 10.8 Å². The summed E-state index contributed by atoms with van der Waals surface area (Å²) >= 11 is 6.55. The van der Waals surface area contributed by atoms with E-state index in [0.29, 0.717) is 17.1 Å². The molecule has 4 N–H and O–H groups in total. The Labute approximate surface area is 162 Å². The first-order valence-electron chi connectivity index (χ1n) is 8.26. The van der Waals surface area contributed by atoms with Crippen molar-refractivity contribution in [1.82, 2.24) is 9.97 Å². The van der Waals surface area contributed by atoms with E-state index in [1.54, 1.807) is 12.1 Å². The summed E-state index contributed by atoms with van der Waals surface area (Å²) in [5.41, 5.74) is 5.46. The third-order valence-electron chi connectivity index (χ3n) is 4.09. The molecule has 1 fully saturated rings. The van der Waals surface area contributed by atoms with Gasteiger partial charge in [-0.25, -0.2) is 9.78 Å². The van der Waals surface area contributed by atoms with Gasteiger partial charge in [-0.15, -0.1) is 0 Å². The predicted octanol–water partition coefficient (Wildman–Crippen LogP) is 4.20. The lowest BCUT2D eigenvalue weighted by Crippen LogP contribution is -2.20. The second-order valence-electron chi connectivity index (χ2n) is 6.11. The summed E-state index contributed by atoms with van der Waals surface area (Å²) in [6.45, 7) is 0. The van der Waals surface area contributed by atoms with E-state index < -0.39 is 17.2 Å². The van der Waals surface area contributed by atoms with Crippen LogP contribution < -0.4 is 11.3 Å². The van der Waals surface area contributed by atoms with Crippen LogP contribution in [-0.4, -0.2) is 27.1 Å². The summed E-state index contributed by atoms with van der Waals surface area (Å²) in [5.74, 6) is -1.35. The Morgan fingerprint density at radius 2 is 1.68 bits per heavy atom. The molecule has 1 saturated carbocycles. The number of aromatic carboxylic acids is 1. The molecule has 0 unspecified atom stereocenters. The zero-order chi connectivity index (χ0) is 18.4. The van der Waals surface area contributed by atoms with Crippen LogP contribution in [0.15, 0.2) is 25.9 Å². The number of nitrogens with two attached hydrogens (primary N) is 1. The molecule has 0 bridgehead atoms. The van der Waals surface area contributed by atoms with Crippen molar-refractivity contribution < 1.29 is 9.90 Å². The smallest absolute Gasteiger partial charge is 0.360 e. The van der Waals surface area contributed by atoms with Gasteiger partial charge in [0.15, 0.2) is 0 Å². The SMILES string of the molecule is NC1CCCCCCC1.O=C(O)c1nc2cc(Br)c(Br)cc2[nH]c1=O. The minimum atomic E-state index is -1.35. The van der Waals surface area contributed by atoms with E-state index in [2.05, 4.69) is 41.8 Å². The topological polar surface area (TPSA) is 109 Å². The number of aromatic nitrogens is 2. The quantitative estimate of drug-likeness (QED) is 0.573. The van der Waals surface area contributed by atoms with E-state index in [1.165, 1.54) is 44.9 Å². The number of hydrogen-bond donors (Lipinski definition) is 3. The fourth-order valence-electron chi connectivity index (χ4n) is 2.71. The van der Waals surface area contributed by atoms with Gasteiger partial charge in [0.1, 0.15) is 0 Å². The van der Waals surface area contributed by atoms with Crippen LogP contribution in [0.4, 0.5) is 0 Å². The van der Waals surface area contributed by atoms with Crippen LogP contribution in [0, 0.1) is 0 Å². The second-order valence-corrected chi connectivity index (χ2v) is 7.82. The van der Waals surface area contributed by atoms with Gasteiger partial charge in [-0.3, -0.25) is 4.79 Å². The standard InChI is InChI=1S/C9H4Br2N2O3.C8H17N/c10-3-1-5-6(2-4(3)11)13-8(14)7(12-5)9(15)16;9-8-6-4-2-1-3-5-7-8/h1-2H,(H,13,14)(H,15,16);8H,1-7,9H2. The minimum absolute atomic E-state index is 0.409. The van der Waals surface area contributed by atoms with Crippen molar-refractivity contribution in [2.75, 3.05) is 0 Å². The highest BCUT2D eigenvalue weighted by Gasteiger charge is 2.12. The van der Waals surface area contributed by atoms with E-state index >= 15 is 0 Å². The molecule has 1 aromatic carbocycles. The zero-order valence-corrected chi connectivity index (χ0v) is 16.9. The number of carboxylic acids is 1. The number of fused-ring (bicyclic) bond motifs is 1. The number of nitrogens with one attached hydrogen (secondary N) is 1. The van der Waals surface area contributed by atoms with Gasteiger partial charge in [-0.1, -0.05) is 32.1 Å². The lowest BCUT2D eigenvalue weighted by molar-refractivity contribution is 0.0689. The van der Waals surface area contributed by atoms with Crippen LogP contribution in [0.25, 0.3) is 11.0 Å². The Morgan fingerprint density at radius 1 is 1.12 bits per heavy atom. The number of rotatable bonds is 1. The van der Waals surface area contributed by atoms with Gasteiger partial charge >= 0.3 is 5.97 Å². The van der Waals surface area contributed by atoms with Gasteiger partial charge < -0.3 is 15.8 Å². The summed E-state index contributed by atoms with van der Waals surface area (Å²) in [6.07, 6.45) is 9.51. The van der Waals surface area contributed by atoms with Crippen molar-refractivity contribution in [2.24, 2.45) is 5.73 Å². The number of H-pyrrole nitrogens is 1. The number of aromatic amines is 1. The van der Waals surface area contributed by atoms with Crippen LogP contribution in [-0.2, 0) is 0 Å². The highest BCUT2D eigenvalue weighted by Crippen LogP contribution is 2.26. The average molecular weight is 475 g/mol. The van der Waals surface area contributed by atoms with Crippen molar-refractivity contribution in [2.45, 2.75) is 51.0 Å². The number of carbonyl (C=O) groups is 1. The Bertz CT molecular complexity index is 800. The Balaban J connectivity index is 0.000000212. The van der Waals surface area contributed by atoms with Crippen molar-refractivity contribution in [3.8, 4) is 0 Å². The van der Waals surface area contributed by atoms with Crippen molar-refractivity contribution in [3.05, 3.63) is 37.1 Å². The maximum atomic E-state index is 11.3. The molecule has 0 saturated heterocycles. The van der Waals surface area contributed by atoms with Crippen LogP contribution in [0.5, 0.6) is 0 Å². The molecule has 0 atom stereocenters. The molecule has 136 valence electrons. The molecule has 6 nitrogen and oxygen atoms in total. The lowest BCUT2D eigenvalue weighted by Gasteiger charge is -2.13. The monoisotopic (exact) mass is 473 g/mol. The molecule has 2 aromatic rings.